The molecule has 0 aliphatic heterocycles. The van der Waals surface area contributed by atoms with Crippen LogP contribution in [0.4, 0.5) is 0 Å². The zero-order valence-corrected chi connectivity index (χ0v) is 11.7. The minimum Gasteiger partial charge on any atom is -0.469 e. The zero-order valence-electron chi connectivity index (χ0n) is 11.7. The van der Waals surface area contributed by atoms with Crippen LogP contribution < -0.4 is 5.73 Å². The summed E-state index contributed by atoms with van der Waals surface area (Å²) in [5.41, 5.74) is 8.65. The molecule has 0 amide bonds. The molecule has 0 spiro atoms. The molecule has 0 fully saturated rings. The lowest BCUT2D eigenvalue weighted by atomic mass is 10.0. The lowest BCUT2D eigenvalue weighted by Gasteiger charge is -2.19. The second-order valence-corrected chi connectivity index (χ2v) is 5.05. The summed E-state index contributed by atoms with van der Waals surface area (Å²) in [5.74, 6) is 0.999. The fraction of sp³-hybridized carbons (Fsp3) is 0.375. The number of hydrogen-bond acceptors (Lipinski definition) is 3. The number of nitrogens with zero attached hydrogens (tertiary/aromatic N) is 1. The second-order valence-electron chi connectivity index (χ2n) is 5.05. The van der Waals surface area contributed by atoms with Gasteiger partial charge >= 0.3 is 0 Å². The van der Waals surface area contributed by atoms with Crippen molar-refractivity contribution < 1.29 is 4.42 Å². The standard InChI is InChI=1S/C16H22N2O/c1-13-15(9-11-19-13)12-18(2)10-8-16(17)14-6-4-3-5-7-14/h3-7,9,11,16H,8,10,12,17H2,1-2H3. The molecule has 0 aliphatic rings. The third-order valence-corrected chi connectivity index (χ3v) is 3.46. The molecule has 1 heterocycles. The van der Waals surface area contributed by atoms with E-state index < -0.39 is 0 Å². The fourth-order valence-corrected chi connectivity index (χ4v) is 2.17. The van der Waals surface area contributed by atoms with E-state index in [1.54, 1.807) is 6.26 Å². The highest BCUT2D eigenvalue weighted by Gasteiger charge is 2.09. The van der Waals surface area contributed by atoms with Crippen molar-refractivity contribution in [3.63, 3.8) is 0 Å². The van der Waals surface area contributed by atoms with Crippen LogP contribution in [0.5, 0.6) is 0 Å². The Morgan fingerprint density at radius 1 is 1.21 bits per heavy atom. The molecule has 0 saturated heterocycles. The minimum absolute atomic E-state index is 0.106. The Labute approximate surface area is 115 Å². The summed E-state index contributed by atoms with van der Waals surface area (Å²) < 4.78 is 5.31. The van der Waals surface area contributed by atoms with Gasteiger partial charge < -0.3 is 15.1 Å². The highest BCUT2D eigenvalue weighted by atomic mass is 16.3. The van der Waals surface area contributed by atoms with Gasteiger partial charge in [-0.05, 0) is 38.6 Å². The van der Waals surface area contributed by atoms with Crippen LogP contribution in [0.1, 0.15) is 29.3 Å². The molecule has 2 rings (SSSR count). The number of aryl methyl sites for hydroxylation is 1. The topological polar surface area (TPSA) is 42.4 Å². The smallest absolute Gasteiger partial charge is 0.105 e. The van der Waals surface area contributed by atoms with Crippen LogP contribution >= 0.6 is 0 Å². The van der Waals surface area contributed by atoms with Crippen molar-refractivity contribution in [3.8, 4) is 0 Å². The maximum atomic E-state index is 6.20. The molecule has 3 nitrogen and oxygen atoms in total. The molecule has 0 radical (unpaired) electrons. The molecule has 1 aromatic heterocycles. The molecule has 2 N–H and O–H groups in total. The second kappa shape index (κ2) is 6.55. The van der Waals surface area contributed by atoms with Crippen LogP contribution in [0, 0.1) is 6.92 Å². The Morgan fingerprint density at radius 3 is 2.58 bits per heavy atom. The van der Waals surface area contributed by atoms with E-state index >= 15 is 0 Å². The molecule has 1 unspecified atom stereocenters. The quantitative estimate of drug-likeness (QED) is 0.865. The first-order chi connectivity index (χ1) is 9.16. The van der Waals surface area contributed by atoms with Gasteiger partial charge in [0.1, 0.15) is 5.76 Å². The van der Waals surface area contributed by atoms with Crippen LogP contribution in [0.25, 0.3) is 0 Å². The molecule has 3 heteroatoms. The number of rotatable bonds is 6. The monoisotopic (exact) mass is 258 g/mol. The molecule has 1 aromatic carbocycles. The first-order valence-corrected chi connectivity index (χ1v) is 6.69. The van der Waals surface area contributed by atoms with Crippen molar-refractivity contribution in [3.05, 3.63) is 59.5 Å². The molecule has 19 heavy (non-hydrogen) atoms. The van der Waals surface area contributed by atoms with E-state index in [1.807, 2.05) is 31.2 Å². The van der Waals surface area contributed by atoms with Crippen LogP contribution in [-0.4, -0.2) is 18.5 Å². The Balaban J connectivity index is 1.81. The van der Waals surface area contributed by atoms with Gasteiger partial charge in [-0.25, -0.2) is 0 Å². The van der Waals surface area contributed by atoms with Crippen molar-refractivity contribution in [2.75, 3.05) is 13.6 Å². The molecular weight excluding hydrogens is 236 g/mol. The van der Waals surface area contributed by atoms with E-state index in [1.165, 1.54) is 11.1 Å². The van der Waals surface area contributed by atoms with Gasteiger partial charge in [-0.2, -0.15) is 0 Å². The van der Waals surface area contributed by atoms with Crippen LogP contribution in [0.15, 0.2) is 47.1 Å². The Bertz CT molecular complexity index is 492. The van der Waals surface area contributed by atoms with Crippen molar-refractivity contribution in [1.29, 1.82) is 0 Å². The van der Waals surface area contributed by atoms with Gasteiger partial charge in [-0.15, -0.1) is 0 Å². The van der Waals surface area contributed by atoms with E-state index in [2.05, 4.69) is 24.1 Å². The SMILES string of the molecule is Cc1occc1CN(C)CCC(N)c1ccccc1. The average Bonchev–Trinajstić information content (AvgIpc) is 2.82. The van der Waals surface area contributed by atoms with Gasteiger partial charge in [0, 0.05) is 18.2 Å². The van der Waals surface area contributed by atoms with E-state index in [0.29, 0.717) is 0 Å². The Morgan fingerprint density at radius 2 is 1.95 bits per heavy atom. The Kier molecular flexibility index (Phi) is 4.77. The molecule has 102 valence electrons. The molecular formula is C16H22N2O. The first kappa shape index (κ1) is 13.8. The van der Waals surface area contributed by atoms with Gasteiger partial charge in [0.15, 0.2) is 0 Å². The first-order valence-electron chi connectivity index (χ1n) is 6.69. The number of hydrogen-bond donors (Lipinski definition) is 1. The average molecular weight is 258 g/mol. The molecule has 0 saturated carbocycles. The molecule has 0 bridgehead atoms. The van der Waals surface area contributed by atoms with Gasteiger partial charge in [-0.1, -0.05) is 30.3 Å². The Hall–Kier alpha value is -1.58. The molecule has 1 atom stereocenters. The summed E-state index contributed by atoms with van der Waals surface area (Å²) in [6, 6.07) is 12.4. The van der Waals surface area contributed by atoms with E-state index in [-0.39, 0.29) is 6.04 Å². The van der Waals surface area contributed by atoms with Crippen molar-refractivity contribution in [1.82, 2.24) is 4.90 Å². The van der Waals surface area contributed by atoms with E-state index in [4.69, 9.17) is 10.2 Å². The lowest BCUT2D eigenvalue weighted by molar-refractivity contribution is 0.309. The fourth-order valence-electron chi connectivity index (χ4n) is 2.17. The summed E-state index contributed by atoms with van der Waals surface area (Å²) >= 11 is 0. The maximum absolute atomic E-state index is 6.20. The lowest BCUT2D eigenvalue weighted by Crippen LogP contribution is -2.23. The van der Waals surface area contributed by atoms with Gasteiger partial charge in [0.05, 0.1) is 6.26 Å². The summed E-state index contributed by atoms with van der Waals surface area (Å²) in [7, 11) is 2.12. The normalized spacial score (nSPS) is 12.8. The third kappa shape index (κ3) is 3.94. The number of nitrogens with two attached hydrogens (primary N) is 1. The van der Waals surface area contributed by atoms with Crippen molar-refractivity contribution in [2.24, 2.45) is 5.73 Å². The predicted octanol–water partition coefficient (Wildman–Crippen LogP) is 3.11. The van der Waals surface area contributed by atoms with Crippen molar-refractivity contribution in [2.45, 2.75) is 25.9 Å². The van der Waals surface area contributed by atoms with Gasteiger partial charge in [0.2, 0.25) is 0 Å². The predicted molar refractivity (Wildman–Crippen MR) is 77.8 cm³/mol. The summed E-state index contributed by atoms with van der Waals surface area (Å²) in [6.45, 7) is 3.88. The molecule has 2 aromatic rings. The van der Waals surface area contributed by atoms with Gasteiger partial charge in [0.25, 0.3) is 0 Å². The van der Waals surface area contributed by atoms with Crippen molar-refractivity contribution >= 4 is 0 Å². The zero-order chi connectivity index (χ0) is 13.7. The maximum Gasteiger partial charge on any atom is 0.105 e. The summed E-state index contributed by atoms with van der Waals surface area (Å²) in [6.07, 6.45) is 2.70. The van der Waals surface area contributed by atoms with E-state index in [9.17, 15) is 0 Å². The highest BCUT2D eigenvalue weighted by Crippen LogP contribution is 2.15. The number of furan rings is 1. The number of benzene rings is 1. The minimum atomic E-state index is 0.106. The van der Waals surface area contributed by atoms with Crippen LogP contribution in [0.2, 0.25) is 0 Å². The van der Waals surface area contributed by atoms with Crippen LogP contribution in [0.3, 0.4) is 0 Å². The molecule has 0 aliphatic carbocycles. The van der Waals surface area contributed by atoms with Crippen LogP contribution in [-0.2, 0) is 6.54 Å². The summed E-state index contributed by atoms with van der Waals surface area (Å²) in [4.78, 5) is 2.28. The van der Waals surface area contributed by atoms with E-state index in [0.717, 1.165) is 25.3 Å². The van der Waals surface area contributed by atoms with Gasteiger partial charge in [-0.3, -0.25) is 0 Å². The largest absolute Gasteiger partial charge is 0.469 e. The third-order valence-electron chi connectivity index (χ3n) is 3.46. The summed E-state index contributed by atoms with van der Waals surface area (Å²) in [5, 5.41) is 0. The highest BCUT2D eigenvalue weighted by molar-refractivity contribution is 5.18.